The van der Waals surface area contributed by atoms with Gasteiger partial charge in [-0.1, -0.05) is 12.8 Å². The summed E-state index contributed by atoms with van der Waals surface area (Å²) in [6.45, 7) is 2.05. The van der Waals surface area contributed by atoms with Crippen molar-refractivity contribution in [2.75, 3.05) is 0 Å². The van der Waals surface area contributed by atoms with Crippen molar-refractivity contribution in [2.45, 2.75) is 44.7 Å². The molecule has 1 heterocycles. The van der Waals surface area contributed by atoms with Crippen molar-refractivity contribution >= 4 is 5.96 Å². The zero-order valence-electron chi connectivity index (χ0n) is 10.1. The highest BCUT2D eigenvalue weighted by Gasteiger charge is 2.15. The van der Waals surface area contributed by atoms with Crippen LogP contribution in [0.25, 0.3) is 0 Å². The van der Waals surface area contributed by atoms with E-state index >= 15 is 0 Å². The summed E-state index contributed by atoms with van der Waals surface area (Å²) >= 11 is 0. The molecule has 0 aliphatic heterocycles. The van der Waals surface area contributed by atoms with Gasteiger partial charge in [-0.25, -0.2) is 10.8 Å². The Kier molecular flexibility index (Phi) is 3.98. The summed E-state index contributed by atoms with van der Waals surface area (Å²) in [5, 5.41) is 9.97. The van der Waals surface area contributed by atoms with Crippen molar-refractivity contribution in [1.82, 2.24) is 20.9 Å². The molecule has 94 valence electrons. The van der Waals surface area contributed by atoms with E-state index in [1.165, 1.54) is 12.8 Å². The smallest absolute Gasteiger partial charge is 0.206 e. The average Bonchev–Trinajstić information content (AvgIpc) is 3.00. The number of nitrogens with zero attached hydrogens (tertiary/aromatic N) is 2. The zero-order valence-corrected chi connectivity index (χ0v) is 10.1. The van der Waals surface area contributed by atoms with Gasteiger partial charge in [-0.15, -0.1) is 0 Å². The molecule has 0 amide bonds. The van der Waals surface area contributed by atoms with Crippen LogP contribution in [0.1, 0.15) is 44.2 Å². The SMILES string of the molecule is CC(NC(=NC1CCCC1)NN)c1cn[nH]c1. The lowest BCUT2D eigenvalue weighted by atomic mass is 10.2. The number of H-pyrrole nitrogens is 1. The summed E-state index contributed by atoms with van der Waals surface area (Å²) in [6.07, 6.45) is 8.51. The maximum Gasteiger partial charge on any atom is 0.206 e. The third-order valence-corrected chi connectivity index (χ3v) is 3.15. The molecule has 6 nitrogen and oxygen atoms in total. The van der Waals surface area contributed by atoms with E-state index in [1.54, 1.807) is 6.20 Å². The van der Waals surface area contributed by atoms with Gasteiger partial charge in [0.1, 0.15) is 0 Å². The molecule has 1 aliphatic rings. The lowest BCUT2D eigenvalue weighted by Gasteiger charge is -2.16. The van der Waals surface area contributed by atoms with Crippen LogP contribution in [0.3, 0.4) is 0 Å². The summed E-state index contributed by atoms with van der Waals surface area (Å²) in [4.78, 5) is 4.58. The predicted octanol–water partition coefficient (Wildman–Crippen LogP) is 0.822. The van der Waals surface area contributed by atoms with E-state index in [0.29, 0.717) is 12.0 Å². The van der Waals surface area contributed by atoms with E-state index in [2.05, 4.69) is 25.9 Å². The fourth-order valence-corrected chi connectivity index (χ4v) is 2.12. The first-order chi connectivity index (χ1) is 8.29. The molecule has 6 heteroatoms. The van der Waals surface area contributed by atoms with E-state index in [0.717, 1.165) is 18.4 Å². The van der Waals surface area contributed by atoms with Crippen LogP contribution in [0.15, 0.2) is 17.4 Å². The zero-order chi connectivity index (χ0) is 12.1. The molecule has 0 radical (unpaired) electrons. The summed E-state index contributed by atoms with van der Waals surface area (Å²) in [6, 6.07) is 0.537. The molecule has 1 fully saturated rings. The topological polar surface area (TPSA) is 91.1 Å². The summed E-state index contributed by atoms with van der Waals surface area (Å²) < 4.78 is 0. The van der Waals surface area contributed by atoms with Crippen LogP contribution in [0.4, 0.5) is 0 Å². The average molecular weight is 236 g/mol. The largest absolute Gasteiger partial charge is 0.349 e. The van der Waals surface area contributed by atoms with Gasteiger partial charge in [0.15, 0.2) is 0 Å². The number of nitrogens with one attached hydrogen (secondary N) is 3. The Labute approximate surface area is 101 Å². The number of aromatic nitrogens is 2. The molecule has 1 unspecified atom stereocenters. The van der Waals surface area contributed by atoms with Crippen molar-refractivity contribution in [1.29, 1.82) is 0 Å². The summed E-state index contributed by atoms with van der Waals surface area (Å²) in [7, 11) is 0. The second kappa shape index (κ2) is 5.67. The van der Waals surface area contributed by atoms with Gasteiger partial charge >= 0.3 is 0 Å². The summed E-state index contributed by atoms with van der Waals surface area (Å²) in [5.41, 5.74) is 3.71. The Bertz CT molecular complexity index is 352. The number of guanidine groups is 1. The van der Waals surface area contributed by atoms with Gasteiger partial charge in [0.05, 0.1) is 18.3 Å². The highest BCUT2D eigenvalue weighted by molar-refractivity contribution is 5.79. The molecule has 1 aromatic rings. The molecule has 1 saturated carbocycles. The minimum Gasteiger partial charge on any atom is -0.349 e. The van der Waals surface area contributed by atoms with E-state index < -0.39 is 0 Å². The fraction of sp³-hybridized carbons (Fsp3) is 0.636. The Morgan fingerprint density at radius 2 is 2.35 bits per heavy atom. The third-order valence-electron chi connectivity index (χ3n) is 3.15. The Balaban J connectivity index is 1.94. The molecular weight excluding hydrogens is 216 g/mol. The van der Waals surface area contributed by atoms with Gasteiger partial charge in [0, 0.05) is 11.8 Å². The van der Waals surface area contributed by atoms with Crippen molar-refractivity contribution in [3.63, 3.8) is 0 Å². The van der Waals surface area contributed by atoms with Crippen molar-refractivity contribution < 1.29 is 0 Å². The highest BCUT2D eigenvalue weighted by Crippen LogP contribution is 2.20. The maximum atomic E-state index is 5.49. The number of hydrazine groups is 1. The van der Waals surface area contributed by atoms with Gasteiger partial charge < -0.3 is 5.32 Å². The molecule has 2 rings (SSSR count). The molecule has 17 heavy (non-hydrogen) atoms. The van der Waals surface area contributed by atoms with E-state index in [9.17, 15) is 0 Å². The maximum absolute atomic E-state index is 5.49. The van der Waals surface area contributed by atoms with Gasteiger partial charge in [-0.2, -0.15) is 5.10 Å². The number of hydrogen-bond donors (Lipinski definition) is 4. The molecule has 1 aliphatic carbocycles. The number of aromatic amines is 1. The molecule has 1 aromatic heterocycles. The van der Waals surface area contributed by atoms with E-state index in [-0.39, 0.29) is 6.04 Å². The van der Waals surface area contributed by atoms with Crippen LogP contribution in [0.5, 0.6) is 0 Å². The Morgan fingerprint density at radius 1 is 1.59 bits per heavy atom. The molecule has 0 bridgehead atoms. The minimum absolute atomic E-state index is 0.130. The van der Waals surface area contributed by atoms with E-state index in [1.807, 2.05) is 13.1 Å². The first-order valence-electron chi connectivity index (χ1n) is 6.09. The van der Waals surface area contributed by atoms with Gasteiger partial charge in [0.25, 0.3) is 0 Å². The number of rotatable bonds is 3. The highest BCUT2D eigenvalue weighted by atomic mass is 15.3. The van der Waals surface area contributed by atoms with Crippen LogP contribution >= 0.6 is 0 Å². The molecule has 0 aromatic carbocycles. The molecule has 5 N–H and O–H groups in total. The van der Waals surface area contributed by atoms with Crippen LogP contribution in [-0.2, 0) is 0 Å². The molecular formula is C11H20N6. The van der Waals surface area contributed by atoms with Crippen molar-refractivity contribution in [2.24, 2.45) is 10.8 Å². The van der Waals surface area contributed by atoms with Gasteiger partial charge in [-0.05, 0) is 19.8 Å². The van der Waals surface area contributed by atoms with Crippen molar-refractivity contribution in [3.8, 4) is 0 Å². The van der Waals surface area contributed by atoms with Crippen LogP contribution in [-0.4, -0.2) is 22.2 Å². The lowest BCUT2D eigenvalue weighted by Crippen LogP contribution is -2.43. The Hall–Kier alpha value is -1.56. The normalized spacial score (nSPS) is 19.3. The van der Waals surface area contributed by atoms with E-state index in [4.69, 9.17) is 5.84 Å². The third kappa shape index (κ3) is 3.20. The lowest BCUT2D eigenvalue weighted by molar-refractivity contribution is 0.653. The quantitative estimate of drug-likeness (QED) is 0.271. The van der Waals surface area contributed by atoms with Crippen LogP contribution in [0, 0.1) is 0 Å². The van der Waals surface area contributed by atoms with Gasteiger partial charge in [0.2, 0.25) is 5.96 Å². The second-order valence-electron chi connectivity index (χ2n) is 4.46. The molecule has 0 spiro atoms. The first kappa shape index (κ1) is 11.9. The van der Waals surface area contributed by atoms with Crippen LogP contribution < -0.4 is 16.6 Å². The standard InChI is InChI=1S/C11H20N6/c1-8(9-6-13-14-7-9)15-11(17-12)16-10-4-2-3-5-10/h6-8,10H,2-5,12H2,1H3,(H,13,14)(H2,15,16,17). The Morgan fingerprint density at radius 3 is 2.94 bits per heavy atom. The number of aliphatic imine (C=N–C) groups is 1. The molecule has 0 saturated heterocycles. The second-order valence-corrected chi connectivity index (χ2v) is 4.46. The first-order valence-corrected chi connectivity index (χ1v) is 6.09. The predicted molar refractivity (Wildman–Crippen MR) is 67.2 cm³/mol. The monoisotopic (exact) mass is 236 g/mol. The summed E-state index contributed by atoms with van der Waals surface area (Å²) in [5.74, 6) is 6.14. The minimum atomic E-state index is 0.130. The fourth-order valence-electron chi connectivity index (χ4n) is 2.12. The van der Waals surface area contributed by atoms with Crippen LogP contribution in [0.2, 0.25) is 0 Å². The van der Waals surface area contributed by atoms with Crippen molar-refractivity contribution in [3.05, 3.63) is 18.0 Å². The van der Waals surface area contributed by atoms with Gasteiger partial charge in [-0.3, -0.25) is 10.5 Å². The molecule has 1 atom stereocenters. The number of hydrogen-bond acceptors (Lipinski definition) is 3. The number of nitrogens with two attached hydrogens (primary N) is 1.